The molecule has 0 bridgehead atoms. The Morgan fingerprint density at radius 1 is 1.12 bits per heavy atom. The summed E-state index contributed by atoms with van der Waals surface area (Å²) in [5, 5.41) is 6.84. The Hall–Kier alpha value is -2.98. The molecule has 0 aliphatic heterocycles. The molecule has 9 nitrogen and oxygen atoms in total. The van der Waals surface area contributed by atoms with Gasteiger partial charge in [-0.15, -0.1) is 0 Å². The average Bonchev–Trinajstić information content (AvgIpc) is 3.34. The highest BCUT2D eigenvalue weighted by Crippen LogP contribution is 2.22. The predicted molar refractivity (Wildman–Crippen MR) is 124 cm³/mol. The maximum Gasteiger partial charge on any atom is 0.279 e. The lowest BCUT2D eigenvalue weighted by Crippen LogP contribution is -2.25. The van der Waals surface area contributed by atoms with E-state index in [1.807, 2.05) is 0 Å². The van der Waals surface area contributed by atoms with E-state index in [4.69, 9.17) is 14.3 Å². The molecule has 0 radical (unpaired) electrons. The van der Waals surface area contributed by atoms with Gasteiger partial charge in [-0.3, -0.25) is 4.79 Å². The number of oxime groups is 1. The van der Waals surface area contributed by atoms with Crippen molar-refractivity contribution in [1.29, 1.82) is 0 Å². The number of pyridine rings is 1. The van der Waals surface area contributed by atoms with Crippen LogP contribution in [0, 0.1) is 0 Å². The van der Waals surface area contributed by atoms with Crippen molar-refractivity contribution in [2.75, 3.05) is 31.9 Å². The SMILES string of the molecule is COCCCS(=O)(=O)c1ccc(/C(=N\OC2CCCC2)C(=O)Nc2ccc(OC)cn2)cc1. The molecule has 1 aliphatic carbocycles. The molecule has 0 spiro atoms. The molecule has 1 fully saturated rings. The highest BCUT2D eigenvalue weighted by Gasteiger charge is 2.21. The molecule has 1 aromatic heterocycles. The lowest BCUT2D eigenvalue weighted by molar-refractivity contribution is -0.110. The summed E-state index contributed by atoms with van der Waals surface area (Å²) in [6.07, 6.45) is 5.76. The molecule has 1 aliphatic rings. The summed E-state index contributed by atoms with van der Waals surface area (Å²) in [4.78, 5) is 23.0. The van der Waals surface area contributed by atoms with Crippen molar-refractivity contribution in [3.05, 3.63) is 48.2 Å². The lowest BCUT2D eigenvalue weighted by atomic mass is 10.1. The summed E-state index contributed by atoms with van der Waals surface area (Å²) in [6.45, 7) is 0.367. The third-order valence-corrected chi connectivity index (χ3v) is 7.09. The van der Waals surface area contributed by atoms with E-state index in [1.165, 1.54) is 32.5 Å². The molecule has 33 heavy (non-hydrogen) atoms. The molecular weight excluding hydrogens is 446 g/mol. The number of anilines is 1. The van der Waals surface area contributed by atoms with Crippen LogP contribution in [0.3, 0.4) is 0 Å². The largest absolute Gasteiger partial charge is 0.495 e. The highest BCUT2D eigenvalue weighted by atomic mass is 32.2. The summed E-state index contributed by atoms with van der Waals surface area (Å²) in [5.41, 5.74) is 0.484. The minimum Gasteiger partial charge on any atom is -0.495 e. The van der Waals surface area contributed by atoms with Gasteiger partial charge >= 0.3 is 0 Å². The van der Waals surface area contributed by atoms with Crippen LogP contribution in [-0.4, -0.2) is 57.7 Å². The Bertz CT molecular complexity index is 1050. The van der Waals surface area contributed by atoms with E-state index in [1.54, 1.807) is 24.3 Å². The van der Waals surface area contributed by atoms with E-state index in [0.717, 1.165) is 25.7 Å². The second kappa shape index (κ2) is 11.8. The molecule has 3 rings (SSSR count). The predicted octanol–water partition coefficient (Wildman–Crippen LogP) is 3.20. The molecule has 0 atom stereocenters. The molecular formula is C23H29N3O6S. The summed E-state index contributed by atoms with van der Waals surface area (Å²) < 4.78 is 35.0. The zero-order valence-corrected chi connectivity index (χ0v) is 19.6. The van der Waals surface area contributed by atoms with Gasteiger partial charge in [0.25, 0.3) is 5.91 Å². The van der Waals surface area contributed by atoms with Crippen molar-refractivity contribution in [1.82, 2.24) is 4.98 Å². The molecule has 10 heteroatoms. The van der Waals surface area contributed by atoms with E-state index >= 15 is 0 Å². The zero-order chi connectivity index (χ0) is 23.7. The normalized spacial score (nSPS) is 14.8. The maximum atomic E-state index is 13.0. The Kier molecular flexibility index (Phi) is 8.79. The summed E-state index contributed by atoms with van der Waals surface area (Å²) in [7, 11) is -0.390. The topological polar surface area (TPSA) is 116 Å². The minimum absolute atomic E-state index is 0.0183. The van der Waals surface area contributed by atoms with E-state index in [2.05, 4.69) is 15.5 Å². The standard InChI is InChI=1S/C23H29N3O6S/c1-30-14-5-15-33(28,29)20-11-8-17(9-12-20)22(26-32-18-6-3-4-7-18)23(27)25-21-13-10-19(31-2)16-24-21/h8-13,16,18H,3-7,14-15H2,1-2H3,(H,24,25,27)/b26-22+. The van der Waals surface area contributed by atoms with Crippen LogP contribution in [0.15, 0.2) is 52.6 Å². The molecule has 1 heterocycles. The number of benzene rings is 1. The van der Waals surface area contributed by atoms with Crippen LogP contribution in [-0.2, 0) is 24.2 Å². The van der Waals surface area contributed by atoms with Crippen LogP contribution in [0.25, 0.3) is 0 Å². The molecule has 178 valence electrons. The zero-order valence-electron chi connectivity index (χ0n) is 18.8. The molecule has 1 amide bonds. The first-order chi connectivity index (χ1) is 15.9. The van der Waals surface area contributed by atoms with Crippen LogP contribution < -0.4 is 10.1 Å². The van der Waals surface area contributed by atoms with Crippen molar-refractivity contribution in [3.8, 4) is 5.75 Å². The van der Waals surface area contributed by atoms with Crippen LogP contribution in [0.4, 0.5) is 5.82 Å². The monoisotopic (exact) mass is 475 g/mol. The number of rotatable bonds is 11. The second-order valence-corrected chi connectivity index (χ2v) is 9.79. The van der Waals surface area contributed by atoms with Gasteiger partial charge < -0.3 is 19.6 Å². The Labute approximate surface area is 194 Å². The maximum absolute atomic E-state index is 13.0. The van der Waals surface area contributed by atoms with Crippen LogP contribution in [0.1, 0.15) is 37.7 Å². The number of amides is 1. The third kappa shape index (κ3) is 7.00. The van der Waals surface area contributed by atoms with E-state index in [9.17, 15) is 13.2 Å². The summed E-state index contributed by atoms with van der Waals surface area (Å²) >= 11 is 0. The van der Waals surface area contributed by atoms with Gasteiger partial charge in [0.1, 0.15) is 17.7 Å². The van der Waals surface area contributed by atoms with Gasteiger partial charge in [-0.2, -0.15) is 0 Å². The second-order valence-electron chi connectivity index (χ2n) is 7.68. The first-order valence-electron chi connectivity index (χ1n) is 10.8. The van der Waals surface area contributed by atoms with Gasteiger partial charge in [0.15, 0.2) is 15.5 Å². The fourth-order valence-electron chi connectivity index (χ4n) is 3.43. The number of methoxy groups -OCH3 is 2. The molecule has 0 saturated heterocycles. The van der Waals surface area contributed by atoms with Gasteiger partial charge in [-0.25, -0.2) is 13.4 Å². The van der Waals surface area contributed by atoms with E-state index in [0.29, 0.717) is 30.2 Å². The number of aromatic nitrogens is 1. The number of hydrogen-bond donors (Lipinski definition) is 1. The Morgan fingerprint density at radius 2 is 1.85 bits per heavy atom. The van der Waals surface area contributed by atoms with Gasteiger partial charge in [0.05, 0.1) is 24.0 Å². The summed E-state index contributed by atoms with van der Waals surface area (Å²) in [5.74, 6) is 0.358. The Morgan fingerprint density at radius 3 is 2.45 bits per heavy atom. The fraction of sp³-hybridized carbons (Fsp3) is 0.435. The number of nitrogens with zero attached hydrogens (tertiary/aromatic N) is 2. The first kappa shape index (κ1) is 24.7. The molecule has 2 aromatic rings. The number of nitrogens with one attached hydrogen (secondary N) is 1. The number of carbonyl (C=O) groups excluding carboxylic acids is 1. The molecule has 1 aromatic carbocycles. The number of sulfone groups is 1. The average molecular weight is 476 g/mol. The van der Waals surface area contributed by atoms with Crippen molar-refractivity contribution in [3.63, 3.8) is 0 Å². The molecule has 1 N–H and O–H groups in total. The third-order valence-electron chi connectivity index (χ3n) is 5.27. The number of hydrogen-bond acceptors (Lipinski definition) is 8. The highest BCUT2D eigenvalue weighted by molar-refractivity contribution is 7.91. The van der Waals surface area contributed by atoms with Crippen molar-refractivity contribution in [2.24, 2.45) is 5.16 Å². The van der Waals surface area contributed by atoms with E-state index < -0.39 is 15.7 Å². The first-order valence-corrected chi connectivity index (χ1v) is 12.5. The van der Waals surface area contributed by atoms with Gasteiger partial charge in [0, 0.05) is 19.3 Å². The van der Waals surface area contributed by atoms with Crippen LogP contribution >= 0.6 is 0 Å². The Balaban J connectivity index is 1.80. The van der Waals surface area contributed by atoms with Crippen molar-refractivity contribution >= 4 is 27.3 Å². The molecule has 1 saturated carbocycles. The lowest BCUT2D eigenvalue weighted by Gasteiger charge is -2.12. The number of carbonyl (C=O) groups is 1. The number of ether oxygens (including phenoxy) is 2. The quantitative estimate of drug-likeness (QED) is 0.301. The smallest absolute Gasteiger partial charge is 0.279 e. The molecule has 0 unspecified atom stereocenters. The minimum atomic E-state index is -3.45. The fourth-order valence-corrected chi connectivity index (χ4v) is 4.71. The van der Waals surface area contributed by atoms with Crippen molar-refractivity contribution < 1.29 is 27.5 Å². The van der Waals surface area contributed by atoms with Crippen LogP contribution in [0.2, 0.25) is 0 Å². The van der Waals surface area contributed by atoms with Crippen molar-refractivity contribution in [2.45, 2.75) is 43.1 Å². The van der Waals surface area contributed by atoms with Crippen LogP contribution in [0.5, 0.6) is 5.75 Å². The van der Waals surface area contributed by atoms with Gasteiger partial charge in [0.2, 0.25) is 0 Å². The van der Waals surface area contributed by atoms with Gasteiger partial charge in [-0.1, -0.05) is 17.3 Å². The summed E-state index contributed by atoms with van der Waals surface area (Å²) in [6, 6.07) is 9.35. The van der Waals surface area contributed by atoms with Gasteiger partial charge in [-0.05, 0) is 56.4 Å². The van der Waals surface area contributed by atoms with E-state index in [-0.39, 0.29) is 22.5 Å².